The highest BCUT2D eigenvalue weighted by Crippen LogP contribution is 2.15. The molecule has 0 saturated carbocycles. The zero-order valence-electron chi connectivity index (χ0n) is 6.88. The first kappa shape index (κ1) is 8.02. The lowest BCUT2D eigenvalue weighted by atomic mass is 10.0. The molecule has 1 heterocycles. The SMILES string of the molecule is CCN1CC[C@H](O)C[C@H]1C. The molecule has 60 valence electrons. The summed E-state index contributed by atoms with van der Waals surface area (Å²) in [5, 5.41) is 9.27. The molecule has 0 aromatic carbocycles. The minimum absolute atomic E-state index is 0.0437. The Bertz CT molecular complexity index is 105. The molecule has 1 saturated heterocycles. The molecule has 1 N–H and O–H groups in total. The van der Waals surface area contributed by atoms with E-state index < -0.39 is 0 Å². The fraction of sp³-hybridized carbons (Fsp3) is 1.00. The van der Waals surface area contributed by atoms with Crippen LogP contribution >= 0.6 is 0 Å². The smallest absolute Gasteiger partial charge is 0.0567 e. The van der Waals surface area contributed by atoms with E-state index in [4.69, 9.17) is 0 Å². The number of rotatable bonds is 1. The molecule has 0 unspecified atom stereocenters. The predicted octanol–water partition coefficient (Wildman–Crippen LogP) is 0.851. The zero-order chi connectivity index (χ0) is 7.56. The molecule has 1 aliphatic rings. The van der Waals surface area contributed by atoms with Crippen LogP contribution in [0.3, 0.4) is 0 Å². The van der Waals surface area contributed by atoms with Crippen LogP contribution in [0.25, 0.3) is 0 Å². The Labute approximate surface area is 62.8 Å². The highest BCUT2D eigenvalue weighted by Gasteiger charge is 2.21. The maximum atomic E-state index is 9.27. The second-order valence-corrected chi connectivity index (χ2v) is 3.16. The molecule has 1 aliphatic heterocycles. The normalized spacial score (nSPS) is 36.3. The first-order valence-electron chi connectivity index (χ1n) is 4.16. The minimum atomic E-state index is -0.0437. The Kier molecular flexibility index (Phi) is 2.69. The summed E-state index contributed by atoms with van der Waals surface area (Å²) in [6.07, 6.45) is 1.87. The summed E-state index contributed by atoms with van der Waals surface area (Å²) in [5.41, 5.74) is 0. The largest absolute Gasteiger partial charge is 0.393 e. The van der Waals surface area contributed by atoms with Gasteiger partial charge in [0.25, 0.3) is 0 Å². The molecule has 0 radical (unpaired) electrons. The minimum Gasteiger partial charge on any atom is -0.393 e. The third kappa shape index (κ3) is 1.70. The van der Waals surface area contributed by atoms with Gasteiger partial charge < -0.3 is 10.0 Å². The number of likely N-dealkylation sites (tertiary alicyclic amines) is 1. The maximum absolute atomic E-state index is 9.27. The summed E-state index contributed by atoms with van der Waals surface area (Å²) in [7, 11) is 0. The van der Waals surface area contributed by atoms with Crippen LogP contribution in [0.15, 0.2) is 0 Å². The average Bonchev–Trinajstić information content (AvgIpc) is 1.88. The molecule has 2 nitrogen and oxygen atoms in total. The number of nitrogens with zero attached hydrogens (tertiary/aromatic N) is 1. The Morgan fingerprint density at radius 3 is 2.80 bits per heavy atom. The van der Waals surface area contributed by atoms with Crippen molar-refractivity contribution in [2.24, 2.45) is 0 Å². The van der Waals surface area contributed by atoms with Gasteiger partial charge in [0.05, 0.1) is 6.10 Å². The summed E-state index contributed by atoms with van der Waals surface area (Å²) in [5.74, 6) is 0. The summed E-state index contributed by atoms with van der Waals surface area (Å²) in [4.78, 5) is 2.41. The summed E-state index contributed by atoms with van der Waals surface area (Å²) in [6, 6.07) is 0.578. The summed E-state index contributed by atoms with van der Waals surface area (Å²) < 4.78 is 0. The van der Waals surface area contributed by atoms with E-state index in [2.05, 4.69) is 18.7 Å². The molecule has 2 heteroatoms. The molecular weight excluding hydrogens is 126 g/mol. The monoisotopic (exact) mass is 143 g/mol. The van der Waals surface area contributed by atoms with Crippen molar-refractivity contribution in [1.82, 2.24) is 4.90 Å². The molecule has 1 fully saturated rings. The van der Waals surface area contributed by atoms with Crippen LogP contribution in [-0.2, 0) is 0 Å². The fourth-order valence-electron chi connectivity index (χ4n) is 1.67. The molecule has 0 aromatic heterocycles. The van der Waals surface area contributed by atoms with Crippen molar-refractivity contribution in [1.29, 1.82) is 0 Å². The van der Waals surface area contributed by atoms with Gasteiger partial charge in [-0.15, -0.1) is 0 Å². The Morgan fingerprint density at radius 1 is 1.60 bits per heavy atom. The summed E-state index contributed by atoms with van der Waals surface area (Å²) in [6.45, 7) is 6.55. The number of aliphatic hydroxyl groups is 1. The second kappa shape index (κ2) is 3.35. The standard InChI is InChI=1S/C8H17NO/c1-3-9-5-4-8(10)6-7(9)2/h7-8,10H,3-6H2,1-2H3/t7-,8+/m1/s1. The third-order valence-electron chi connectivity index (χ3n) is 2.39. The zero-order valence-corrected chi connectivity index (χ0v) is 6.88. The highest BCUT2D eigenvalue weighted by molar-refractivity contribution is 4.76. The van der Waals surface area contributed by atoms with Gasteiger partial charge in [-0.3, -0.25) is 0 Å². The van der Waals surface area contributed by atoms with Crippen molar-refractivity contribution < 1.29 is 5.11 Å². The molecule has 0 spiro atoms. The van der Waals surface area contributed by atoms with Crippen LogP contribution in [0.1, 0.15) is 26.7 Å². The van der Waals surface area contributed by atoms with Crippen LogP contribution in [0.2, 0.25) is 0 Å². The first-order chi connectivity index (χ1) is 4.74. The molecule has 0 aromatic rings. The third-order valence-corrected chi connectivity index (χ3v) is 2.39. The van der Waals surface area contributed by atoms with Gasteiger partial charge in [0.2, 0.25) is 0 Å². The van der Waals surface area contributed by atoms with Gasteiger partial charge in [0.15, 0.2) is 0 Å². The van der Waals surface area contributed by atoms with E-state index in [1.54, 1.807) is 0 Å². The molecule has 2 atom stereocenters. The molecule has 0 bridgehead atoms. The predicted molar refractivity (Wildman–Crippen MR) is 41.9 cm³/mol. The van der Waals surface area contributed by atoms with E-state index in [9.17, 15) is 5.11 Å². The van der Waals surface area contributed by atoms with Crippen molar-refractivity contribution >= 4 is 0 Å². The Balaban J connectivity index is 2.36. The number of piperidine rings is 1. The van der Waals surface area contributed by atoms with Gasteiger partial charge in [-0.25, -0.2) is 0 Å². The van der Waals surface area contributed by atoms with E-state index >= 15 is 0 Å². The van der Waals surface area contributed by atoms with Gasteiger partial charge >= 0.3 is 0 Å². The van der Waals surface area contributed by atoms with Gasteiger partial charge in [0, 0.05) is 12.6 Å². The number of hydrogen-bond donors (Lipinski definition) is 1. The number of aliphatic hydroxyl groups excluding tert-OH is 1. The van der Waals surface area contributed by atoms with Crippen molar-refractivity contribution in [3.05, 3.63) is 0 Å². The van der Waals surface area contributed by atoms with Crippen LogP contribution in [-0.4, -0.2) is 35.2 Å². The Morgan fingerprint density at radius 2 is 2.30 bits per heavy atom. The van der Waals surface area contributed by atoms with Crippen LogP contribution < -0.4 is 0 Å². The maximum Gasteiger partial charge on any atom is 0.0567 e. The van der Waals surface area contributed by atoms with Gasteiger partial charge in [-0.05, 0) is 26.3 Å². The van der Waals surface area contributed by atoms with E-state index in [1.165, 1.54) is 0 Å². The van der Waals surface area contributed by atoms with E-state index in [-0.39, 0.29) is 6.10 Å². The molecule has 0 amide bonds. The first-order valence-corrected chi connectivity index (χ1v) is 4.16. The molecular formula is C8H17NO. The van der Waals surface area contributed by atoms with Gasteiger partial charge in [-0.2, -0.15) is 0 Å². The average molecular weight is 143 g/mol. The van der Waals surface area contributed by atoms with Gasteiger partial charge in [0.1, 0.15) is 0 Å². The fourth-order valence-corrected chi connectivity index (χ4v) is 1.67. The lowest BCUT2D eigenvalue weighted by Gasteiger charge is -2.34. The quantitative estimate of drug-likeness (QED) is 0.588. The van der Waals surface area contributed by atoms with Crippen LogP contribution in [0, 0.1) is 0 Å². The van der Waals surface area contributed by atoms with E-state index in [0.717, 1.165) is 25.9 Å². The molecule has 0 aliphatic carbocycles. The van der Waals surface area contributed by atoms with E-state index in [1.807, 2.05) is 0 Å². The highest BCUT2D eigenvalue weighted by atomic mass is 16.3. The number of hydrogen-bond acceptors (Lipinski definition) is 2. The van der Waals surface area contributed by atoms with Crippen LogP contribution in [0.4, 0.5) is 0 Å². The van der Waals surface area contributed by atoms with Crippen LogP contribution in [0.5, 0.6) is 0 Å². The van der Waals surface area contributed by atoms with Crippen molar-refractivity contribution in [3.63, 3.8) is 0 Å². The van der Waals surface area contributed by atoms with Crippen molar-refractivity contribution in [2.45, 2.75) is 38.8 Å². The second-order valence-electron chi connectivity index (χ2n) is 3.16. The van der Waals surface area contributed by atoms with Crippen molar-refractivity contribution in [2.75, 3.05) is 13.1 Å². The van der Waals surface area contributed by atoms with Crippen molar-refractivity contribution in [3.8, 4) is 0 Å². The summed E-state index contributed by atoms with van der Waals surface area (Å²) >= 11 is 0. The lowest BCUT2D eigenvalue weighted by molar-refractivity contribution is 0.0514. The Hall–Kier alpha value is -0.0800. The topological polar surface area (TPSA) is 23.5 Å². The lowest BCUT2D eigenvalue weighted by Crippen LogP contribution is -2.42. The molecule has 10 heavy (non-hydrogen) atoms. The van der Waals surface area contributed by atoms with E-state index in [0.29, 0.717) is 6.04 Å². The molecule has 1 rings (SSSR count). The van der Waals surface area contributed by atoms with Gasteiger partial charge in [-0.1, -0.05) is 6.92 Å².